The van der Waals surface area contributed by atoms with Gasteiger partial charge in [-0.2, -0.15) is 5.10 Å². The van der Waals surface area contributed by atoms with Gasteiger partial charge in [0.05, 0.1) is 30.0 Å². The van der Waals surface area contributed by atoms with Gasteiger partial charge in [0.1, 0.15) is 5.75 Å². The number of anilines is 1. The van der Waals surface area contributed by atoms with E-state index in [9.17, 15) is 15.2 Å². The van der Waals surface area contributed by atoms with Gasteiger partial charge in [0.15, 0.2) is 0 Å². The monoisotopic (exact) mass is 384 g/mol. The van der Waals surface area contributed by atoms with E-state index in [4.69, 9.17) is 4.74 Å². The molecule has 2 aromatic carbocycles. The van der Waals surface area contributed by atoms with Crippen molar-refractivity contribution >= 4 is 27.9 Å². The van der Waals surface area contributed by atoms with Crippen LogP contribution >= 0.6 is 11.3 Å². The molecule has 3 aromatic rings. The molecule has 0 aliphatic rings. The number of nitrogens with zero attached hydrogens (tertiary/aromatic N) is 3. The summed E-state index contributed by atoms with van der Waals surface area (Å²) in [5.74, 6) is 0.600. The summed E-state index contributed by atoms with van der Waals surface area (Å²) in [5, 5.41) is 27.0. The van der Waals surface area contributed by atoms with Crippen molar-refractivity contribution in [2.75, 3.05) is 19.1 Å². The molecule has 9 heteroatoms. The Morgan fingerprint density at radius 1 is 1.33 bits per heavy atom. The zero-order valence-corrected chi connectivity index (χ0v) is 15.1. The van der Waals surface area contributed by atoms with Gasteiger partial charge in [0.25, 0.3) is 5.69 Å². The molecule has 0 bridgehead atoms. The average Bonchev–Trinajstić information content (AvgIpc) is 3.18. The highest BCUT2D eigenvalue weighted by Gasteiger charge is 2.11. The van der Waals surface area contributed by atoms with Crippen LogP contribution in [0, 0.1) is 10.1 Å². The van der Waals surface area contributed by atoms with Crippen molar-refractivity contribution in [1.29, 1.82) is 0 Å². The first-order valence-electron chi connectivity index (χ1n) is 7.89. The van der Waals surface area contributed by atoms with Crippen LogP contribution in [0.15, 0.2) is 59.0 Å². The van der Waals surface area contributed by atoms with Gasteiger partial charge in [-0.1, -0.05) is 24.3 Å². The zero-order valence-electron chi connectivity index (χ0n) is 14.3. The average molecular weight is 384 g/mol. The fraction of sp³-hybridized carbons (Fsp3) is 0.111. The van der Waals surface area contributed by atoms with E-state index in [-0.39, 0.29) is 12.3 Å². The number of aliphatic hydroxyl groups is 1. The first-order valence-corrected chi connectivity index (χ1v) is 8.77. The van der Waals surface area contributed by atoms with Crippen molar-refractivity contribution in [3.63, 3.8) is 0 Å². The van der Waals surface area contributed by atoms with Crippen LogP contribution < -0.4 is 10.2 Å². The molecule has 0 saturated heterocycles. The minimum absolute atomic E-state index is 0.00627. The number of non-ortho nitro benzene ring substituents is 1. The second-order valence-electron chi connectivity index (χ2n) is 5.37. The molecule has 0 radical (unpaired) electrons. The summed E-state index contributed by atoms with van der Waals surface area (Å²) in [4.78, 5) is 14.9. The van der Waals surface area contributed by atoms with Gasteiger partial charge < -0.3 is 9.84 Å². The number of aliphatic hydroxyl groups excluding tert-OH is 1. The van der Waals surface area contributed by atoms with Crippen molar-refractivity contribution in [3.8, 4) is 17.0 Å². The van der Waals surface area contributed by atoms with Crippen molar-refractivity contribution < 1.29 is 14.8 Å². The predicted octanol–water partition coefficient (Wildman–Crippen LogP) is 3.54. The Bertz CT molecular complexity index is 987. The fourth-order valence-electron chi connectivity index (χ4n) is 2.42. The van der Waals surface area contributed by atoms with E-state index in [0.717, 1.165) is 0 Å². The number of nitro groups is 1. The summed E-state index contributed by atoms with van der Waals surface area (Å²) in [6.07, 6.45) is 0. The van der Waals surface area contributed by atoms with Gasteiger partial charge >= 0.3 is 0 Å². The number of methoxy groups -OCH3 is 1. The molecule has 27 heavy (non-hydrogen) atoms. The summed E-state index contributed by atoms with van der Waals surface area (Å²) in [7, 11) is 1.55. The SMILES string of the molecule is COc1ccccc1/C(CO)=N/Nc1nc(-c2cccc([N+](=O)[O-])c2)cs1. The smallest absolute Gasteiger partial charge is 0.270 e. The molecule has 0 saturated carbocycles. The minimum atomic E-state index is -0.444. The first kappa shape index (κ1) is 18.5. The van der Waals surface area contributed by atoms with Crippen LogP contribution in [0.5, 0.6) is 5.75 Å². The van der Waals surface area contributed by atoms with Gasteiger partial charge in [0, 0.05) is 28.6 Å². The van der Waals surface area contributed by atoms with Crippen molar-refractivity contribution in [1.82, 2.24) is 4.98 Å². The molecule has 8 nitrogen and oxygen atoms in total. The fourth-order valence-corrected chi connectivity index (χ4v) is 3.08. The number of nitro benzene ring substituents is 1. The molecular formula is C18H16N4O4S. The van der Waals surface area contributed by atoms with E-state index in [1.807, 2.05) is 12.1 Å². The van der Waals surface area contributed by atoms with Crippen LogP contribution in [-0.2, 0) is 0 Å². The van der Waals surface area contributed by atoms with Gasteiger partial charge in [-0.05, 0) is 12.1 Å². The Morgan fingerprint density at radius 3 is 2.89 bits per heavy atom. The van der Waals surface area contributed by atoms with Crippen LogP contribution in [0.4, 0.5) is 10.8 Å². The Hall–Kier alpha value is -3.30. The summed E-state index contributed by atoms with van der Waals surface area (Å²) in [5.41, 5.74) is 5.14. The Kier molecular flexibility index (Phi) is 5.74. The Balaban J connectivity index is 1.82. The standard InChI is InChI=1S/C18H16N4O4S/c1-26-17-8-3-2-7-14(17)15(10-23)20-21-18-19-16(11-27-18)12-5-4-6-13(9-12)22(24)25/h2-9,11,23H,10H2,1H3,(H,19,21)/b20-15+. The number of rotatable bonds is 7. The summed E-state index contributed by atoms with van der Waals surface area (Å²) >= 11 is 1.30. The molecule has 1 aromatic heterocycles. The van der Waals surface area contributed by atoms with Gasteiger partial charge in [-0.3, -0.25) is 15.5 Å². The van der Waals surface area contributed by atoms with Crippen LogP contribution in [-0.4, -0.2) is 34.4 Å². The maximum atomic E-state index is 10.9. The van der Waals surface area contributed by atoms with E-state index in [1.54, 1.807) is 36.8 Å². The molecule has 0 aliphatic carbocycles. The molecule has 0 unspecified atom stereocenters. The zero-order chi connectivity index (χ0) is 19.2. The summed E-state index contributed by atoms with van der Waals surface area (Å²) < 4.78 is 5.28. The quantitative estimate of drug-likeness (QED) is 0.366. The number of ether oxygens (including phenoxy) is 1. The van der Waals surface area contributed by atoms with Crippen LogP contribution in [0.1, 0.15) is 5.56 Å². The highest BCUT2D eigenvalue weighted by atomic mass is 32.1. The number of hydrazone groups is 1. The lowest BCUT2D eigenvalue weighted by Gasteiger charge is -2.09. The maximum Gasteiger partial charge on any atom is 0.270 e. The van der Waals surface area contributed by atoms with E-state index < -0.39 is 4.92 Å². The lowest BCUT2D eigenvalue weighted by molar-refractivity contribution is -0.384. The summed E-state index contributed by atoms with van der Waals surface area (Å²) in [6, 6.07) is 13.5. The third-order valence-electron chi connectivity index (χ3n) is 3.71. The molecular weight excluding hydrogens is 368 g/mol. The molecule has 1 heterocycles. The number of hydrogen-bond donors (Lipinski definition) is 2. The third-order valence-corrected chi connectivity index (χ3v) is 4.46. The number of thiazole rings is 1. The molecule has 0 amide bonds. The van der Waals surface area contributed by atoms with Gasteiger partial charge in [-0.15, -0.1) is 11.3 Å². The van der Waals surface area contributed by atoms with E-state index in [1.165, 1.54) is 23.5 Å². The second kappa shape index (κ2) is 8.39. The highest BCUT2D eigenvalue weighted by molar-refractivity contribution is 7.14. The van der Waals surface area contributed by atoms with Gasteiger partial charge in [0.2, 0.25) is 5.13 Å². The van der Waals surface area contributed by atoms with E-state index >= 15 is 0 Å². The van der Waals surface area contributed by atoms with Gasteiger partial charge in [-0.25, -0.2) is 4.98 Å². The maximum absolute atomic E-state index is 10.9. The van der Waals surface area contributed by atoms with Crippen molar-refractivity contribution in [2.24, 2.45) is 5.10 Å². The number of hydrogen-bond acceptors (Lipinski definition) is 8. The molecule has 3 rings (SSSR count). The molecule has 138 valence electrons. The summed E-state index contributed by atoms with van der Waals surface area (Å²) in [6.45, 7) is -0.281. The lowest BCUT2D eigenvalue weighted by Crippen LogP contribution is -2.10. The molecule has 0 fully saturated rings. The molecule has 0 atom stereocenters. The lowest BCUT2D eigenvalue weighted by atomic mass is 10.1. The second-order valence-corrected chi connectivity index (χ2v) is 6.23. The van der Waals surface area contributed by atoms with E-state index in [2.05, 4.69) is 15.5 Å². The number of aromatic nitrogens is 1. The number of benzene rings is 2. The number of para-hydroxylation sites is 1. The predicted molar refractivity (Wildman–Crippen MR) is 104 cm³/mol. The molecule has 0 aliphatic heterocycles. The Morgan fingerprint density at radius 2 is 2.15 bits per heavy atom. The van der Waals surface area contributed by atoms with Crippen LogP contribution in [0.2, 0.25) is 0 Å². The normalized spacial score (nSPS) is 11.3. The largest absolute Gasteiger partial charge is 0.496 e. The van der Waals surface area contributed by atoms with Crippen LogP contribution in [0.3, 0.4) is 0 Å². The number of nitrogens with one attached hydrogen (secondary N) is 1. The van der Waals surface area contributed by atoms with Crippen molar-refractivity contribution in [3.05, 3.63) is 69.6 Å². The third kappa shape index (κ3) is 4.27. The van der Waals surface area contributed by atoms with Crippen LogP contribution in [0.25, 0.3) is 11.3 Å². The van der Waals surface area contributed by atoms with E-state index in [0.29, 0.717) is 33.4 Å². The first-order chi connectivity index (χ1) is 13.1. The molecule has 0 spiro atoms. The Labute approximate surface area is 158 Å². The molecule has 2 N–H and O–H groups in total. The topological polar surface area (TPSA) is 110 Å². The highest BCUT2D eigenvalue weighted by Crippen LogP contribution is 2.27. The minimum Gasteiger partial charge on any atom is -0.496 e. The van der Waals surface area contributed by atoms with Crippen molar-refractivity contribution in [2.45, 2.75) is 0 Å².